The highest BCUT2D eigenvalue weighted by molar-refractivity contribution is 5.81. The summed E-state index contributed by atoms with van der Waals surface area (Å²) in [6.45, 7) is 4.33. The van der Waals surface area contributed by atoms with Gasteiger partial charge in [0.1, 0.15) is 0 Å². The second-order valence-electron chi connectivity index (χ2n) is 5.87. The number of aryl methyl sites for hydroxylation is 1. The SMILES string of the molecule is Cc1ccc(OCC2CCN(C(=O)C3CC3)CC2)nn1. The van der Waals surface area contributed by atoms with Crippen molar-refractivity contribution < 1.29 is 9.53 Å². The molecule has 108 valence electrons. The van der Waals surface area contributed by atoms with E-state index in [1.54, 1.807) is 0 Å². The van der Waals surface area contributed by atoms with E-state index in [0.717, 1.165) is 44.5 Å². The van der Waals surface area contributed by atoms with Crippen molar-refractivity contribution in [1.29, 1.82) is 0 Å². The van der Waals surface area contributed by atoms with E-state index >= 15 is 0 Å². The minimum absolute atomic E-state index is 0.339. The van der Waals surface area contributed by atoms with Crippen LogP contribution in [0.25, 0.3) is 0 Å². The molecule has 20 heavy (non-hydrogen) atoms. The minimum Gasteiger partial charge on any atom is -0.476 e. The van der Waals surface area contributed by atoms with Gasteiger partial charge in [0.15, 0.2) is 0 Å². The van der Waals surface area contributed by atoms with Crippen LogP contribution < -0.4 is 4.74 Å². The number of nitrogens with zero attached hydrogens (tertiary/aromatic N) is 3. The summed E-state index contributed by atoms with van der Waals surface area (Å²) in [5, 5.41) is 7.98. The van der Waals surface area contributed by atoms with Crippen molar-refractivity contribution in [2.45, 2.75) is 32.6 Å². The Morgan fingerprint density at radius 2 is 2.00 bits per heavy atom. The van der Waals surface area contributed by atoms with Crippen LogP contribution in [0, 0.1) is 18.8 Å². The second-order valence-corrected chi connectivity index (χ2v) is 5.87. The normalized spacial score (nSPS) is 19.9. The number of carbonyl (C=O) groups is 1. The Morgan fingerprint density at radius 1 is 1.25 bits per heavy atom. The van der Waals surface area contributed by atoms with E-state index in [1.807, 2.05) is 24.0 Å². The summed E-state index contributed by atoms with van der Waals surface area (Å²) in [5.41, 5.74) is 0.893. The van der Waals surface area contributed by atoms with Crippen LogP contribution in [0.15, 0.2) is 12.1 Å². The summed E-state index contributed by atoms with van der Waals surface area (Å²) in [6.07, 6.45) is 4.23. The lowest BCUT2D eigenvalue weighted by Crippen LogP contribution is -2.40. The average molecular weight is 275 g/mol. The van der Waals surface area contributed by atoms with Crippen molar-refractivity contribution in [3.8, 4) is 5.88 Å². The van der Waals surface area contributed by atoms with E-state index < -0.39 is 0 Å². The number of rotatable bonds is 4. The lowest BCUT2D eigenvalue weighted by Gasteiger charge is -2.31. The van der Waals surface area contributed by atoms with Crippen LogP contribution in [-0.2, 0) is 4.79 Å². The Morgan fingerprint density at radius 3 is 2.60 bits per heavy atom. The molecule has 5 heteroatoms. The first kappa shape index (κ1) is 13.3. The van der Waals surface area contributed by atoms with Gasteiger partial charge in [-0.05, 0) is 44.6 Å². The van der Waals surface area contributed by atoms with E-state index in [9.17, 15) is 4.79 Å². The largest absolute Gasteiger partial charge is 0.476 e. The van der Waals surface area contributed by atoms with Crippen molar-refractivity contribution in [2.75, 3.05) is 19.7 Å². The summed E-state index contributed by atoms with van der Waals surface area (Å²) in [7, 11) is 0. The molecule has 0 aromatic carbocycles. The molecule has 0 N–H and O–H groups in total. The van der Waals surface area contributed by atoms with Crippen LogP contribution in [0.1, 0.15) is 31.4 Å². The second kappa shape index (κ2) is 5.77. The molecule has 1 aromatic rings. The van der Waals surface area contributed by atoms with Crippen LogP contribution in [0.4, 0.5) is 0 Å². The molecule has 0 bridgehead atoms. The molecule has 1 aliphatic carbocycles. The van der Waals surface area contributed by atoms with E-state index in [0.29, 0.717) is 30.2 Å². The Hall–Kier alpha value is -1.65. The molecule has 2 heterocycles. The Kier molecular flexibility index (Phi) is 3.85. The molecule has 1 saturated carbocycles. The first-order valence-corrected chi connectivity index (χ1v) is 7.44. The Bertz CT molecular complexity index is 463. The number of hydrogen-bond donors (Lipinski definition) is 0. The average Bonchev–Trinajstić information content (AvgIpc) is 3.31. The van der Waals surface area contributed by atoms with Crippen molar-refractivity contribution in [1.82, 2.24) is 15.1 Å². The maximum absolute atomic E-state index is 12.0. The maximum Gasteiger partial charge on any atom is 0.233 e. The van der Waals surface area contributed by atoms with E-state index in [-0.39, 0.29) is 0 Å². The van der Waals surface area contributed by atoms with Crippen LogP contribution in [0.3, 0.4) is 0 Å². The van der Waals surface area contributed by atoms with Gasteiger partial charge < -0.3 is 9.64 Å². The molecule has 0 radical (unpaired) electrons. The fourth-order valence-electron chi connectivity index (χ4n) is 2.58. The first-order valence-electron chi connectivity index (χ1n) is 7.44. The zero-order valence-corrected chi connectivity index (χ0v) is 11.9. The molecule has 0 atom stereocenters. The van der Waals surface area contributed by atoms with Gasteiger partial charge in [-0.25, -0.2) is 0 Å². The summed E-state index contributed by atoms with van der Waals surface area (Å²) in [4.78, 5) is 14.0. The Balaban J connectivity index is 1.42. The quantitative estimate of drug-likeness (QED) is 0.841. The highest BCUT2D eigenvalue weighted by atomic mass is 16.5. The number of hydrogen-bond acceptors (Lipinski definition) is 4. The number of likely N-dealkylation sites (tertiary alicyclic amines) is 1. The van der Waals surface area contributed by atoms with Gasteiger partial charge in [-0.2, -0.15) is 5.10 Å². The molecule has 1 aliphatic heterocycles. The number of aromatic nitrogens is 2. The molecule has 0 spiro atoms. The van der Waals surface area contributed by atoms with Gasteiger partial charge in [0.2, 0.25) is 11.8 Å². The van der Waals surface area contributed by atoms with Crippen molar-refractivity contribution in [3.05, 3.63) is 17.8 Å². The highest BCUT2D eigenvalue weighted by Gasteiger charge is 2.34. The predicted molar refractivity (Wildman–Crippen MR) is 74.3 cm³/mol. The zero-order chi connectivity index (χ0) is 13.9. The van der Waals surface area contributed by atoms with Gasteiger partial charge in [0.05, 0.1) is 12.3 Å². The van der Waals surface area contributed by atoms with Gasteiger partial charge in [-0.3, -0.25) is 4.79 Å². The fourth-order valence-corrected chi connectivity index (χ4v) is 2.58. The third-order valence-corrected chi connectivity index (χ3v) is 4.09. The van der Waals surface area contributed by atoms with Crippen molar-refractivity contribution >= 4 is 5.91 Å². The molecular weight excluding hydrogens is 254 g/mol. The predicted octanol–water partition coefficient (Wildman–Crippen LogP) is 1.81. The molecule has 3 rings (SSSR count). The summed E-state index contributed by atoms with van der Waals surface area (Å²) in [5.74, 6) is 1.81. The summed E-state index contributed by atoms with van der Waals surface area (Å²) in [6, 6.07) is 3.76. The van der Waals surface area contributed by atoms with Crippen LogP contribution in [0.5, 0.6) is 5.88 Å². The topological polar surface area (TPSA) is 55.3 Å². The highest BCUT2D eigenvalue weighted by Crippen LogP contribution is 2.32. The Labute approximate surface area is 119 Å². The molecule has 5 nitrogen and oxygen atoms in total. The molecular formula is C15H21N3O2. The first-order chi connectivity index (χ1) is 9.72. The van der Waals surface area contributed by atoms with Crippen molar-refractivity contribution in [2.24, 2.45) is 11.8 Å². The van der Waals surface area contributed by atoms with Gasteiger partial charge in [0, 0.05) is 25.1 Å². The van der Waals surface area contributed by atoms with E-state index in [1.165, 1.54) is 0 Å². The maximum atomic E-state index is 12.0. The monoisotopic (exact) mass is 275 g/mol. The van der Waals surface area contributed by atoms with Gasteiger partial charge in [-0.15, -0.1) is 5.10 Å². The van der Waals surface area contributed by atoms with Crippen LogP contribution >= 0.6 is 0 Å². The zero-order valence-electron chi connectivity index (χ0n) is 11.9. The molecule has 2 aliphatic rings. The molecule has 0 unspecified atom stereocenters. The van der Waals surface area contributed by atoms with Crippen LogP contribution in [-0.4, -0.2) is 40.7 Å². The molecule has 1 aromatic heterocycles. The molecule has 2 fully saturated rings. The standard InChI is InChI=1S/C15H21N3O2/c1-11-2-5-14(17-16-11)20-10-12-6-8-18(9-7-12)15(19)13-3-4-13/h2,5,12-13H,3-4,6-10H2,1H3. The number of amides is 1. The summed E-state index contributed by atoms with van der Waals surface area (Å²) >= 11 is 0. The smallest absolute Gasteiger partial charge is 0.233 e. The van der Waals surface area contributed by atoms with E-state index in [2.05, 4.69) is 10.2 Å². The lowest BCUT2D eigenvalue weighted by atomic mass is 9.97. The van der Waals surface area contributed by atoms with Gasteiger partial charge in [-0.1, -0.05) is 0 Å². The lowest BCUT2D eigenvalue weighted by molar-refractivity contribution is -0.134. The van der Waals surface area contributed by atoms with Gasteiger partial charge in [0.25, 0.3) is 0 Å². The third-order valence-electron chi connectivity index (χ3n) is 4.09. The van der Waals surface area contributed by atoms with E-state index in [4.69, 9.17) is 4.74 Å². The molecule has 1 saturated heterocycles. The third kappa shape index (κ3) is 3.26. The number of carbonyl (C=O) groups excluding carboxylic acids is 1. The van der Waals surface area contributed by atoms with Crippen molar-refractivity contribution in [3.63, 3.8) is 0 Å². The molecule has 1 amide bonds. The number of ether oxygens (including phenoxy) is 1. The fraction of sp³-hybridized carbons (Fsp3) is 0.667. The van der Waals surface area contributed by atoms with Crippen LogP contribution in [0.2, 0.25) is 0 Å². The summed E-state index contributed by atoms with van der Waals surface area (Å²) < 4.78 is 5.68. The van der Waals surface area contributed by atoms with Gasteiger partial charge >= 0.3 is 0 Å². The number of piperidine rings is 1. The minimum atomic E-state index is 0.339.